The minimum atomic E-state index is -0.399. The van der Waals surface area contributed by atoms with Crippen LogP contribution in [0.5, 0.6) is 0 Å². The summed E-state index contributed by atoms with van der Waals surface area (Å²) < 4.78 is 11.8. The average molecular weight is 375 g/mol. The summed E-state index contributed by atoms with van der Waals surface area (Å²) in [5.74, 6) is -0.771. The summed E-state index contributed by atoms with van der Waals surface area (Å²) in [4.78, 5) is 24.9. The van der Waals surface area contributed by atoms with Crippen molar-refractivity contribution in [3.05, 3.63) is 46.8 Å². The molecule has 1 N–H and O–H groups in total. The van der Waals surface area contributed by atoms with E-state index in [9.17, 15) is 9.59 Å². The summed E-state index contributed by atoms with van der Waals surface area (Å²) in [7, 11) is 0. The highest BCUT2D eigenvalue weighted by Crippen LogP contribution is 2.42. The van der Waals surface area contributed by atoms with Gasteiger partial charge in [-0.05, 0) is 32.0 Å². The number of hydrogen-bond acceptors (Lipinski definition) is 7. The van der Waals surface area contributed by atoms with Gasteiger partial charge in [-0.25, -0.2) is 9.59 Å². The van der Waals surface area contributed by atoms with E-state index in [0.29, 0.717) is 22.0 Å². The van der Waals surface area contributed by atoms with E-state index >= 15 is 0 Å². The van der Waals surface area contributed by atoms with Crippen LogP contribution in [-0.4, -0.2) is 25.2 Å². The molecule has 0 unspecified atom stereocenters. The summed E-state index contributed by atoms with van der Waals surface area (Å²) in [6.45, 7) is 4.14. The van der Waals surface area contributed by atoms with Crippen LogP contribution in [0.1, 0.15) is 33.9 Å². The van der Waals surface area contributed by atoms with E-state index in [1.165, 1.54) is 22.7 Å². The number of carbonyl (C=O) groups excluding carboxylic acids is 2. The molecule has 1 aromatic carbocycles. The van der Waals surface area contributed by atoms with E-state index in [0.717, 1.165) is 15.1 Å². The first kappa shape index (κ1) is 17.4. The molecular formula is C18H17NO4S2. The number of benzene rings is 1. The number of anilines is 2. The molecule has 0 saturated carbocycles. The average Bonchev–Trinajstić information content (AvgIpc) is 3.13. The third kappa shape index (κ3) is 3.67. The SMILES string of the molecule is CCOC(=O)c1cc2sc(Nc3ccccc3)c(C(=O)OCC)c2s1. The summed E-state index contributed by atoms with van der Waals surface area (Å²) >= 11 is 2.67. The van der Waals surface area contributed by atoms with Crippen molar-refractivity contribution in [2.24, 2.45) is 0 Å². The summed E-state index contributed by atoms with van der Waals surface area (Å²) in [6.07, 6.45) is 0. The van der Waals surface area contributed by atoms with Gasteiger partial charge in [0.15, 0.2) is 0 Å². The van der Waals surface area contributed by atoms with Gasteiger partial charge in [0.2, 0.25) is 0 Å². The normalized spacial score (nSPS) is 10.6. The maximum atomic E-state index is 12.5. The molecule has 0 bridgehead atoms. The Bertz CT molecular complexity index is 899. The van der Waals surface area contributed by atoms with Crippen molar-refractivity contribution in [1.82, 2.24) is 0 Å². The summed E-state index contributed by atoms with van der Waals surface area (Å²) in [5, 5.41) is 3.98. The second-order valence-corrected chi connectivity index (χ2v) is 7.15. The highest BCUT2D eigenvalue weighted by Gasteiger charge is 2.24. The van der Waals surface area contributed by atoms with Gasteiger partial charge in [-0.2, -0.15) is 0 Å². The van der Waals surface area contributed by atoms with Gasteiger partial charge in [-0.1, -0.05) is 18.2 Å². The van der Waals surface area contributed by atoms with Crippen molar-refractivity contribution in [1.29, 1.82) is 0 Å². The van der Waals surface area contributed by atoms with E-state index in [4.69, 9.17) is 9.47 Å². The Labute approximate surface area is 153 Å². The molecule has 3 aromatic rings. The van der Waals surface area contributed by atoms with E-state index in [2.05, 4.69) is 5.32 Å². The van der Waals surface area contributed by atoms with Crippen LogP contribution < -0.4 is 5.32 Å². The van der Waals surface area contributed by atoms with Crippen molar-refractivity contribution in [3.63, 3.8) is 0 Å². The van der Waals surface area contributed by atoms with E-state index in [-0.39, 0.29) is 12.6 Å². The molecule has 0 spiro atoms. The van der Waals surface area contributed by atoms with Crippen molar-refractivity contribution in [3.8, 4) is 0 Å². The molecule has 0 radical (unpaired) electrons. The minimum Gasteiger partial charge on any atom is -0.462 e. The minimum absolute atomic E-state index is 0.289. The third-order valence-corrected chi connectivity index (χ3v) is 5.67. The molecule has 0 fully saturated rings. The van der Waals surface area contributed by atoms with Crippen LogP contribution in [0.2, 0.25) is 0 Å². The fourth-order valence-corrected chi connectivity index (χ4v) is 4.74. The Balaban J connectivity index is 2.04. The molecule has 25 heavy (non-hydrogen) atoms. The van der Waals surface area contributed by atoms with Crippen LogP contribution in [0.3, 0.4) is 0 Å². The molecule has 0 amide bonds. The predicted octanol–water partition coefficient (Wildman–Crippen LogP) is 5.06. The number of para-hydroxylation sites is 1. The molecule has 2 heterocycles. The third-order valence-electron chi connectivity index (χ3n) is 3.35. The topological polar surface area (TPSA) is 64.6 Å². The molecule has 3 rings (SSSR count). The maximum absolute atomic E-state index is 12.5. The lowest BCUT2D eigenvalue weighted by Gasteiger charge is -2.07. The van der Waals surface area contributed by atoms with E-state index in [1.54, 1.807) is 19.9 Å². The van der Waals surface area contributed by atoms with Gasteiger partial charge in [-0.3, -0.25) is 0 Å². The van der Waals surface area contributed by atoms with Crippen molar-refractivity contribution in [2.45, 2.75) is 13.8 Å². The fourth-order valence-electron chi connectivity index (χ4n) is 2.32. The quantitative estimate of drug-likeness (QED) is 0.610. The van der Waals surface area contributed by atoms with Crippen LogP contribution in [0.25, 0.3) is 9.40 Å². The van der Waals surface area contributed by atoms with Crippen molar-refractivity contribution >= 4 is 54.7 Å². The second-order valence-electron chi connectivity index (χ2n) is 5.04. The highest BCUT2D eigenvalue weighted by molar-refractivity contribution is 7.31. The molecule has 7 heteroatoms. The molecule has 0 aliphatic carbocycles. The monoisotopic (exact) mass is 375 g/mol. The molecule has 0 atom stereocenters. The van der Waals surface area contributed by atoms with Gasteiger partial charge in [0.1, 0.15) is 15.4 Å². The zero-order chi connectivity index (χ0) is 17.8. The van der Waals surface area contributed by atoms with Crippen LogP contribution >= 0.6 is 22.7 Å². The van der Waals surface area contributed by atoms with Gasteiger partial charge in [0.25, 0.3) is 0 Å². The molecule has 2 aromatic heterocycles. The molecule has 0 aliphatic rings. The molecule has 5 nitrogen and oxygen atoms in total. The lowest BCUT2D eigenvalue weighted by Crippen LogP contribution is -2.06. The number of ether oxygens (including phenoxy) is 2. The number of nitrogens with one attached hydrogen (secondary N) is 1. The number of rotatable bonds is 6. The fraction of sp³-hybridized carbons (Fsp3) is 0.222. The predicted molar refractivity (Wildman–Crippen MR) is 101 cm³/mol. The largest absolute Gasteiger partial charge is 0.462 e. The number of carbonyl (C=O) groups is 2. The molecule has 0 saturated heterocycles. The lowest BCUT2D eigenvalue weighted by atomic mass is 10.2. The Morgan fingerprint density at radius 3 is 2.36 bits per heavy atom. The number of thiophene rings is 2. The lowest BCUT2D eigenvalue weighted by molar-refractivity contribution is 0.0521. The van der Waals surface area contributed by atoms with Crippen LogP contribution in [0.4, 0.5) is 10.7 Å². The zero-order valence-electron chi connectivity index (χ0n) is 13.8. The second kappa shape index (κ2) is 7.67. The van der Waals surface area contributed by atoms with E-state index in [1.807, 2.05) is 30.3 Å². The van der Waals surface area contributed by atoms with Gasteiger partial charge in [0.05, 0.1) is 17.9 Å². The Morgan fingerprint density at radius 2 is 1.68 bits per heavy atom. The first-order chi connectivity index (χ1) is 12.1. The Kier molecular flexibility index (Phi) is 5.35. The van der Waals surface area contributed by atoms with Gasteiger partial charge in [0, 0.05) is 10.4 Å². The van der Waals surface area contributed by atoms with Crippen LogP contribution in [0.15, 0.2) is 36.4 Å². The van der Waals surface area contributed by atoms with Crippen LogP contribution in [0, 0.1) is 0 Å². The Morgan fingerprint density at radius 1 is 1.00 bits per heavy atom. The number of esters is 2. The standard InChI is InChI=1S/C18H17NO4S2/c1-3-22-17(20)13-10-12-15(24-13)14(18(21)23-4-2)16(25-12)19-11-8-6-5-7-9-11/h5-10,19H,3-4H2,1-2H3. The maximum Gasteiger partial charge on any atom is 0.348 e. The first-order valence-electron chi connectivity index (χ1n) is 7.86. The smallest absolute Gasteiger partial charge is 0.348 e. The van der Waals surface area contributed by atoms with Gasteiger partial charge in [-0.15, -0.1) is 22.7 Å². The molecule has 130 valence electrons. The molecular weight excluding hydrogens is 358 g/mol. The van der Waals surface area contributed by atoms with E-state index < -0.39 is 5.97 Å². The number of hydrogen-bond donors (Lipinski definition) is 1. The van der Waals surface area contributed by atoms with Gasteiger partial charge >= 0.3 is 11.9 Å². The number of fused-ring (bicyclic) bond motifs is 1. The van der Waals surface area contributed by atoms with Crippen LogP contribution in [-0.2, 0) is 9.47 Å². The molecule has 0 aliphatic heterocycles. The highest BCUT2D eigenvalue weighted by atomic mass is 32.1. The van der Waals surface area contributed by atoms with Crippen molar-refractivity contribution < 1.29 is 19.1 Å². The summed E-state index contributed by atoms with van der Waals surface area (Å²) in [6, 6.07) is 11.4. The Hall–Kier alpha value is -2.38. The summed E-state index contributed by atoms with van der Waals surface area (Å²) in [5.41, 5.74) is 1.35. The van der Waals surface area contributed by atoms with Gasteiger partial charge < -0.3 is 14.8 Å². The zero-order valence-corrected chi connectivity index (χ0v) is 15.5. The van der Waals surface area contributed by atoms with Crippen molar-refractivity contribution in [2.75, 3.05) is 18.5 Å². The first-order valence-corrected chi connectivity index (χ1v) is 9.50.